The van der Waals surface area contributed by atoms with Crippen LogP contribution in [0.5, 0.6) is 0 Å². The smallest absolute Gasteiger partial charge is 0.264 e. The van der Waals surface area contributed by atoms with E-state index in [1.807, 2.05) is 6.92 Å². The fourth-order valence-corrected chi connectivity index (χ4v) is 6.08. The maximum atomic E-state index is 13.6. The predicted octanol–water partition coefficient (Wildman–Crippen LogP) is 5.60. The van der Waals surface area contributed by atoms with Crippen molar-refractivity contribution in [2.24, 2.45) is 0 Å². The Bertz CT molecular complexity index is 1290. The van der Waals surface area contributed by atoms with Gasteiger partial charge in [-0.25, -0.2) is 8.42 Å². The Balaban J connectivity index is 1.60. The van der Waals surface area contributed by atoms with E-state index in [1.165, 1.54) is 36.1 Å². The second-order valence-corrected chi connectivity index (χ2v) is 11.0. The summed E-state index contributed by atoms with van der Waals surface area (Å²) in [6.45, 7) is 3.32. The number of carbonyl (C=O) groups excluding carboxylic acids is 1. The number of hydrogen-bond acceptors (Lipinski definition) is 3. The van der Waals surface area contributed by atoms with Crippen LogP contribution in [0.3, 0.4) is 0 Å². The van der Waals surface area contributed by atoms with Crippen LogP contribution in [0.4, 0.5) is 5.69 Å². The maximum Gasteiger partial charge on any atom is 0.264 e. The summed E-state index contributed by atoms with van der Waals surface area (Å²) in [5.74, 6) is -0.385. The molecule has 0 saturated carbocycles. The van der Waals surface area contributed by atoms with Gasteiger partial charge in [-0.05, 0) is 86.1 Å². The van der Waals surface area contributed by atoms with Crippen LogP contribution in [-0.2, 0) is 27.7 Å². The number of benzene rings is 3. The highest BCUT2D eigenvalue weighted by molar-refractivity contribution is 7.92. The first-order valence-electron chi connectivity index (χ1n) is 11.5. The van der Waals surface area contributed by atoms with E-state index in [0.29, 0.717) is 16.3 Å². The Morgan fingerprint density at radius 3 is 2.44 bits per heavy atom. The van der Waals surface area contributed by atoms with E-state index in [9.17, 15) is 13.2 Å². The summed E-state index contributed by atoms with van der Waals surface area (Å²) in [6.07, 6.45) is 4.55. The first-order valence-corrected chi connectivity index (χ1v) is 13.3. The lowest BCUT2D eigenvalue weighted by atomic mass is 9.89. The van der Waals surface area contributed by atoms with E-state index in [4.69, 9.17) is 11.6 Å². The Kier molecular flexibility index (Phi) is 7.29. The topological polar surface area (TPSA) is 66.5 Å². The fourth-order valence-electron chi connectivity index (χ4n) is 4.41. The van der Waals surface area contributed by atoms with Gasteiger partial charge < -0.3 is 5.32 Å². The summed E-state index contributed by atoms with van der Waals surface area (Å²) in [5, 5.41) is 3.42. The van der Waals surface area contributed by atoms with Crippen LogP contribution < -0.4 is 9.62 Å². The Morgan fingerprint density at radius 2 is 1.71 bits per heavy atom. The average molecular weight is 497 g/mol. The number of rotatable bonds is 7. The lowest BCUT2D eigenvalue weighted by molar-refractivity contribution is -0.120. The van der Waals surface area contributed by atoms with Gasteiger partial charge in [0.2, 0.25) is 5.91 Å². The van der Waals surface area contributed by atoms with Crippen molar-refractivity contribution in [2.75, 3.05) is 10.8 Å². The third-order valence-corrected chi connectivity index (χ3v) is 8.56. The number of hydrogen-bond donors (Lipinski definition) is 1. The average Bonchev–Trinajstić information content (AvgIpc) is 2.84. The normalized spacial score (nSPS) is 14.2. The van der Waals surface area contributed by atoms with Crippen molar-refractivity contribution in [3.8, 4) is 0 Å². The molecule has 1 amide bonds. The van der Waals surface area contributed by atoms with Crippen LogP contribution in [0.25, 0.3) is 0 Å². The fraction of sp³-hybridized carbons (Fsp3) is 0.296. The summed E-state index contributed by atoms with van der Waals surface area (Å²) >= 11 is 6.29. The second kappa shape index (κ2) is 10.2. The van der Waals surface area contributed by atoms with Gasteiger partial charge in [-0.2, -0.15) is 0 Å². The highest BCUT2D eigenvalue weighted by atomic mass is 35.5. The van der Waals surface area contributed by atoms with Gasteiger partial charge >= 0.3 is 0 Å². The van der Waals surface area contributed by atoms with Gasteiger partial charge in [-0.15, -0.1) is 0 Å². The molecule has 1 aliphatic carbocycles. The van der Waals surface area contributed by atoms with Crippen molar-refractivity contribution in [2.45, 2.75) is 50.5 Å². The van der Waals surface area contributed by atoms with E-state index >= 15 is 0 Å². The van der Waals surface area contributed by atoms with Crippen LogP contribution >= 0.6 is 11.6 Å². The molecule has 0 aromatic heterocycles. The molecule has 1 aliphatic rings. The number of halogens is 1. The standard InChI is InChI=1S/C27H29ClN2O3S/c1-19-25(28)13-8-14-26(19)30(34(32,33)24-11-4-3-5-12-24)18-27(31)29-20(2)22-16-15-21-9-6-7-10-23(21)17-22/h3-5,8,11-17,20H,6-7,9-10,18H2,1-2H3,(H,29,31)/t20-/m1/s1. The third-order valence-electron chi connectivity index (χ3n) is 6.38. The van der Waals surface area contributed by atoms with E-state index < -0.39 is 10.0 Å². The number of carbonyl (C=O) groups is 1. The Morgan fingerprint density at radius 1 is 1.00 bits per heavy atom. The Labute approximate surface area is 206 Å². The lowest BCUT2D eigenvalue weighted by Crippen LogP contribution is -2.42. The quantitative estimate of drug-likeness (QED) is 0.463. The van der Waals surface area contributed by atoms with Crippen molar-refractivity contribution in [3.05, 3.63) is 94.0 Å². The van der Waals surface area contributed by atoms with Gasteiger partial charge in [0.25, 0.3) is 10.0 Å². The summed E-state index contributed by atoms with van der Waals surface area (Å²) in [5.41, 5.74) is 4.72. The van der Waals surface area contributed by atoms with Gasteiger partial charge in [0.1, 0.15) is 6.54 Å². The van der Waals surface area contributed by atoms with Gasteiger partial charge in [0, 0.05) is 5.02 Å². The zero-order chi connectivity index (χ0) is 24.3. The van der Waals surface area contributed by atoms with Crippen LogP contribution in [-0.4, -0.2) is 20.9 Å². The summed E-state index contributed by atoms with van der Waals surface area (Å²) < 4.78 is 28.2. The molecule has 3 aromatic rings. The van der Waals surface area contributed by atoms with Crippen molar-refractivity contribution in [1.82, 2.24) is 5.32 Å². The molecule has 0 radical (unpaired) electrons. The first kappa shape index (κ1) is 24.3. The second-order valence-electron chi connectivity index (χ2n) is 8.73. The van der Waals surface area contributed by atoms with E-state index in [0.717, 1.165) is 22.7 Å². The van der Waals surface area contributed by atoms with E-state index in [1.54, 1.807) is 43.3 Å². The van der Waals surface area contributed by atoms with Crippen molar-refractivity contribution < 1.29 is 13.2 Å². The lowest BCUT2D eigenvalue weighted by Gasteiger charge is -2.27. The zero-order valence-corrected chi connectivity index (χ0v) is 21.0. The van der Waals surface area contributed by atoms with Gasteiger partial charge in [-0.1, -0.05) is 54.1 Å². The van der Waals surface area contributed by atoms with Crippen molar-refractivity contribution in [3.63, 3.8) is 0 Å². The number of nitrogens with one attached hydrogen (secondary N) is 1. The first-order chi connectivity index (χ1) is 16.3. The molecule has 1 N–H and O–H groups in total. The molecule has 0 saturated heterocycles. The largest absolute Gasteiger partial charge is 0.348 e. The van der Waals surface area contributed by atoms with Crippen LogP contribution in [0, 0.1) is 6.92 Å². The number of sulfonamides is 1. The number of nitrogens with zero attached hydrogens (tertiary/aromatic N) is 1. The van der Waals surface area contributed by atoms with Gasteiger partial charge in [0.15, 0.2) is 0 Å². The van der Waals surface area contributed by atoms with E-state index in [-0.39, 0.29) is 23.4 Å². The summed E-state index contributed by atoms with van der Waals surface area (Å²) in [6, 6.07) is 19.3. The van der Waals surface area contributed by atoms with Crippen molar-refractivity contribution >= 4 is 33.2 Å². The molecule has 0 aliphatic heterocycles. The molecule has 178 valence electrons. The molecule has 34 heavy (non-hydrogen) atoms. The van der Waals surface area contributed by atoms with Crippen LogP contribution in [0.1, 0.15) is 48.1 Å². The molecule has 0 fully saturated rings. The van der Waals surface area contributed by atoms with E-state index in [2.05, 4.69) is 23.5 Å². The molecular weight excluding hydrogens is 468 g/mol. The SMILES string of the molecule is Cc1c(Cl)cccc1N(CC(=O)N[C@H](C)c1ccc2c(c1)CCCC2)S(=O)(=O)c1ccccc1. The summed E-state index contributed by atoms with van der Waals surface area (Å²) in [4.78, 5) is 13.2. The monoisotopic (exact) mass is 496 g/mol. The molecule has 7 heteroatoms. The van der Waals surface area contributed by atoms with Crippen LogP contribution in [0.2, 0.25) is 5.02 Å². The van der Waals surface area contributed by atoms with Crippen LogP contribution in [0.15, 0.2) is 71.6 Å². The van der Waals surface area contributed by atoms with Gasteiger partial charge in [-0.3, -0.25) is 9.10 Å². The number of fused-ring (bicyclic) bond motifs is 1. The number of anilines is 1. The highest BCUT2D eigenvalue weighted by Gasteiger charge is 2.29. The Hall–Kier alpha value is -2.83. The molecule has 0 bridgehead atoms. The minimum absolute atomic E-state index is 0.116. The number of amides is 1. The third kappa shape index (κ3) is 5.13. The molecule has 5 nitrogen and oxygen atoms in total. The molecule has 0 spiro atoms. The molecule has 0 heterocycles. The molecular formula is C27H29ClN2O3S. The zero-order valence-electron chi connectivity index (χ0n) is 19.4. The van der Waals surface area contributed by atoms with Crippen molar-refractivity contribution in [1.29, 1.82) is 0 Å². The maximum absolute atomic E-state index is 13.6. The molecule has 4 rings (SSSR count). The highest BCUT2D eigenvalue weighted by Crippen LogP contribution is 2.31. The van der Waals surface area contributed by atoms with Gasteiger partial charge in [0.05, 0.1) is 16.6 Å². The molecule has 3 aromatic carbocycles. The molecule has 0 unspecified atom stereocenters. The molecule has 1 atom stereocenters. The minimum atomic E-state index is -3.99. The summed E-state index contributed by atoms with van der Waals surface area (Å²) in [7, 11) is -3.99. The predicted molar refractivity (Wildman–Crippen MR) is 137 cm³/mol. The number of aryl methyl sites for hydroxylation is 2. The minimum Gasteiger partial charge on any atom is -0.348 e.